The standard InChI is InChI=1S/C15H19BrN2/c1-7-11-8-13-14(9-12(11)16)18(6)15(3,4)10(2)17(13)5/h7-9H,1-2H2,3-6H3. The molecular weight excluding hydrogens is 288 g/mol. The third-order valence-corrected chi connectivity index (χ3v) is 4.67. The highest BCUT2D eigenvalue weighted by Gasteiger charge is 2.36. The molecule has 0 aliphatic carbocycles. The summed E-state index contributed by atoms with van der Waals surface area (Å²) in [5, 5.41) is 0. The molecule has 1 heterocycles. The molecule has 1 aromatic rings. The monoisotopic (exact) mass is 306 g/mol. The Bertz CT molecular complexity index is 532. The summed E-state index contributed by atoms with van der Waals surface area (Å²) in [5.74, 6) is 0. The number of hydrogen-bond acceptors (Lipinski definition) is 2. The third-order valence-electron chi connectivity index (χ3n) is 3.99. The Morgan fingerprint density at radius 3 is 2.39 bits per heavy atom. The summed E-state index contributed by atoms with van der Waals surface area (Å²) in [6.07, 6.45) is 1.86. The molecule has 96 valence electrons. The smallest absolute Gasteiger partial charge is 0.0739 e. The van der Waals surface area contributed by atoms with E-state index < -0.39 is 0 Å². The van der Waals surface area contributed by atoms with Gasteiger partial charge in [-0.2, -0.15) is 0 Å². The van der Waals surface area contributed by atoms with Crippen LogP contribution >= 0.6 is 15.9 Å². The third kappa shape index (κ3) is 1.69. The van der Waals surface area contributed by atoms with E-state index in [1.165, 1.54) is 11.4 Å². The van der Waals surface area contributed by atoms with Gasteiger partial charge < -0.3 is 9.80 Å². The molecule has 1 aliphatic heterocycles. The van der Waals surface area contributed by atoms with Crippen molar-refractivity contribution in [3.8, 4) is 0 Å². The Morgan fingerprint density at radius 2 is 1.83 bits per heavy atom. The lowest BCUT2D eigenvalue weighted by molar-refractivity contribution is 0.541. The van der Waals surface area contributed by atoms with E-state index in [1.807, 2.05) is 6.08 Å². The zero-order valence-electron chi connectivity index (χ0n) is 11.4. The largest absolute Gasteiger partial charge is 0.362 e. The second-order valence-electron chi connectivity index (χ2n) is 5.19. The average molecular weight is 307 g/mol. The van der Waals surface area contributed by atoms with E-state index in [0.29, 0.717) is 0 Å². The van der Waals surface area contributed by atoms with Gasteiger partial charge in [-0.05, 0) is 31.5 Å². The van der Waals surface area contributed by atoms with Crippen molar-refractivity contribution in [1.82, 2.24) is 0 Å². The molecule has 1 aliphatic rings. The summed E-state index contributed by atoms with van der Waals surface area (Å²) >= 11 is 3.60. The topological polar surface area (TPSA) is 6.48 Å². The molecule has 0 fully saturated rings. The van der Waals surface area contributed by atoms with Gasteiger partial charge in [0.1, 0.15) is 0 Å². The first-order chi connectivity index (χ1) is 8.30. The maximum absolute atomic E-state index is 4.22. The summed E-state index contributed by atoms with van der Waals surface area (Å²) in [5.41, 5.74) is 4.47. The zero-order valence-corrected chi connectivity index (χ0v) is 13.0. The number of hydrogen-bond donors (Lipinski definition) is 0. The first kappa shape index (κ1) is 13.2. The number of anilines is 2. The van der Waals surface area contributed by atoms with Gasteiger partial charge >= 0.3 is 0 Å². The van der Waals surface area contributed by atoms with Gasteiger partial charge in [-0.25, -0.2) is 0 Å². The number of likely N-dealkylation sites (N-methyl/N-ethyl adjacent to an activating group) is 2. The normalized spacial score (nSPS) is 17.7. The van der Waals surface area contributed by atoms with Crippen molar-refractivity contribution < 1.29 is 0 Å². The Balaban J connectivity index is 2.70. The van der Waals surface area contributed by atoms with Crippen LogP contribution in [0.25, 0.3) is 6.08 Å². The minimum absolute atomic E-state index is 0.0864. The van der Waals surface area contributed by atoms with Crippen molar-refractivity contribution in [2.75, 3.05) is 23.9 Å². The fourth-order valence-corrected chi connectivity index (χ4v) is 2.80. The second-order valence-corrected chi connectivity index (χ2v) is 6.04. The van der Waals surface area contributed by atoms with E-state index in [-0.39, 0.29) is 5.54 Å². The van der Waals surface area contributed by atoms with Crippen LogP contribution < -0.4 is 9.80 Å². The summed E-state index contributed by atoms with van der Waals surface area (Å²) in [7, 11) is 4.17. The van der Waals surface area contributed by atoms with Crippen LogP contribution in [-0.4, -0.2) is 19.6 Å². The van der Waals surface area contributed by atoms with Gasteiger partial charge in [-0.1, -0.05) is 35.2 Å². The first-order valence-corrected chi connectivity index (χ1v) is 6.73. The van der Waals surface area contributed by atoms with Gasteiger partial charge in [0, 0.05) is 24.3 Å². The molecule has 18 heavy (non-hydrogen) atoms. The molecule has 0 amide bonds. The van der Waals surface area contributed by atoms with E-state index in [1.54, 1.807) is 0 Å². The predicted molar refractivity (Wildman–Crippen MR) is 84.3 cm³/mol. The van der Waals surface area contributed by atoms with E-state index in [0.717, 1.165) is 15.7 Å². The number of nitrogens with zero attached hydrogens (tertiary/aromatic N) is 2. The number of fused-ring (bicyclic) bond motifs is 1. The molecule has 2 rings (SSSR count). The molecule has 0 aromatic heterocycles. The molecule has 1 aromatic carbocycles. The van der Waals surface area contributed by atoms with Crippen LogP contribution in [0.4, 0.5) is 11.4 Å². The zero-order chi connectivity index (χ0) is 13.7. The Labute approximate surface area is 118 Å². The van der Waals surface area contributed by atoms with Crippen LogP contribution in [0.3, 0.4) is 0 Å². The molecule has 0 unspecified atom stereocenters. The molecule has 2 nitrogen and oxygen atoms in total. The highest BCUT2D eigenvalue weighted by Crippen LogP contribution is 2.45. The van der Waals surface area contributed by atoms with Gasteiger partial charge in [0.2, 0.25) is 0 Å². The van der Waals surface area contributed by atoms with Gasteiger partial charge in [-0.15, -0.1) is 0 Å². The van der Waals surface area contributed by atoms with Gasteiger partial charge in [-0.3, -0.25) is 0 Å². The van der Waals surface area contributed by atoms with Crippen LogP contribution in [0.15, 0.2) is 35.5 Å². The summed E-state index contributed by atoms with van der Waals surface area (Å²) in [6, 6.07) is 4.29. The minimum atomic E-state index is -0.0864. The number of rotatable bonds is 1. The summed E-state index contributed by atoms with van der Waals surface area (Å²) in [4.78, 5) is 4.43. The van der Waals surface area contributed by atoms with Crippen LogP contribution in [0.5, 0.6) is 0 Å². The van der Waals surface area contributed by atoms with E-state index in [4.69, 9.17) is 0 Å². The van der Waals surface area contributed by atoms with E-state index in [9.17, 15) is 0 Å². The quantitative estimate of drug-likeness (QED) is 0.764. The molecule has 0 saturated heterocycles. The Kier molecular flexibility index (Phi) is 3.06. The van der Waals surface area contributed by atoms with E-state index in [2.05, 4.69) is 79.0 Å². The lowest BCUT2D eigenvalue weighted by atomic mass is 9.93. The average Bonchev–Trinajstić information content (AvgIpc) is 2.34. The second kappa shape index (κ2) is 4.16. The number of benzene rings is 1. The SMILES string of the molecule is C=Cc1cc2c(cc1Br)N(C)C(C)(C)C(=C)N2C. The predicted octanol–water partition coefficient (Wildman–Crippen LogP) is 4.27. The molecule has 0 radical (unpaired) electrons. The lowest BCUT2D eigenvalue weighted by Crippen LogP contribution is -2.51. The van der Waals surface area contributed by atoms with Crippen molar-refractivity contribution in [1.29, 1.82) is 0 Å². The van der Waals surface area contributed by atoms with Crippen molar-refractivity contribution in [2.24, 2.45) is 0 Å². The number of halogens is 1. The molecule has 0 saturated carbocycles. The highest BCUT2D eigenvalue weighted by atomic mass is 79.9. The molecular formula is C15H19BrN2. The fraction of sp³-hybridized carbons (Fsp3) is 0.333. The molecule has 0 spiro atoms. The van der Waals surface area contributed by atoms with Gasteiger partial charge in [0.05, 0.1) is 16.9 Å². The molecule has 3 heteroatoms. The van der Waals surface area contributed by atoms with Crippen LogP contribution in [0.2, 0.25) is 0 Å². The maximum atomic E-state index is 4.22. The maximum Gasteiger partial charge on any atom is 0.0739 e. The molecule has 0 atom stereocenters. The van der Waals surface area contributed by atoms with E-state index >= 15 is 0 Å². The Hall–Kier alpha value is -1.22. The highest BCUT2D eigenvalue weighted by molar-refractivity contribution is 9.10. The van der Waals surface area contributed by atoms with Crippen LogP contribution in [-0.2, 0) is 0 Å². The van der Waals surface area contributed by atoms with Crippen LogP contribution in [0, 0.1) is 0 Å². The Morgan fingerprint density at radius 1 is 1.22 bits per heavy atom. The molecule has 0 bridgehead atoms. The van der Waals surface area contributed by atoms with Crippen molar-refractivity contribution in [3.63, 3.8) is 0 Å². The van der Waals surface area contributed by atoms with Crippen LogP contribution in [0.1, 0.15) is 19.4 Å². The molecule has 0 N–H and O–H groups in total. The van der Waals surface area contributed by atoms with Crippen molar-refractivity contribution >= 4 is 33.4 Å². The summed E-state index contributed by atoms with van der Waals surface area (Å²) in [6.45, 7) is 12.4. The van der Waals surface area contributed by atoms with Crippen molar-refractivity contribution in [3.05, 3.63) is 41.0 Å². The lowest BCUT2D eigenvalue weighted by Gasteiger charge is -2.48. The fourth-order valence-electron chi connectivity index (χ4n) is 2.31. The summed E-state index contributed by atoms with van der Waals surface area (Å²) < 4.78 is 1.07. The van der Waals surface area contributed by atoms with Gasteiger partial charge in [0.25, 0.3) is 0 Å². The minimum Gasteiger partial charge on any atom is -0.362 e. The van der Waals surface area contributed by atoms with Crippen molar-refractivity contribution in [2.45, 2.75) is 19.4 Å². The van der Waals surface area contributed by atoms with Gasteiger partial charge in [0.15, 0.2) is 0 Å². The first-order valence-electron chi connectivity index (χ1n) is 5.93.